The van der Waals surface area contributed by atoms with E-state index in [9.17, 15) is 4.79 Å². The number of hydrogen-bond acceptors (Lipinski definition) is 3. The average molecular weight is 327 g/mol. The zero-order valence-corrected chi connectivity index (χ0v) is 14.5. The summed E-state index contributed by atoms with van der Waals surface area (Å²) in [7, 11) is 3.21. The van der Waals surface area contributed by atoms with Gasteiger partial charge in [-0.1, -0.05) is 42.5 Å². The number of carbonyl (C=O) groups excluding carboxylic acids is 1. The second-order valence-corrected chi connectivity index (χ2v) is 5.82. The summed E-state index contributed by atoms with van der Waals surface area (Å²) in [4.78, 5) is 12.4. The normalized spacial score (nSPS) is 13.1. The molecule has 0 aliphatic heterocycles. The highest BCUT2D eigenvalue weighted by molar-refractivity contribution is 5.82. The molecule has 0 aromatic heterocycles. The van der Waals surface area contributed by atoms with Gasteiger partial charge in [0.15, 0.2) is 6.10 Å². The molecule has 24 heavy (non-hydrogen) atoms. The fourth-order valence-corrected chi connectivity index (χ4v) is 2.59. The number of rotatable bonds is 8. The Bertz CT molecular complexity index is 625. The van der Waals surface area contributed by atoms with Crippen LogP contribution >= 0.6 is 0 Å². The number of benzene rings is 2. The second kappa shape index (κ2) is 9.08. The highest BCUT2D eigenvalue weighted by atomic mass is 16.5. The van der Waals surface area contributed by atoms with Crippen molar-refractivity contribution in [3.63, 3.8) is 0 Å². The molecule has 0 spiro atoms. The first-order valence-electron chi connectivity index (χ1n) is 8.15. The van der Waals surface area contributed by atoms with Crippen molar-refractivity contribution < 1.29 is 14.3 Å². The molecule has 2 atom stereocenters. The maximum Gasteiger partial charge on any atom is 0.253 e. The van der Waals surface area contributed by atoms with E-state index in [0.29, 0.717) is 0 Å². The third kappa shape index (κ3) is 5.10. The van der Waals surface area contributed by atoms with Gasteiger partial charge in [-0.2, -0.15) is 0 Å². The lowest BCUT2D eigenvalue weighted by Crippen LogP contribution is -2.37. The fourth-order valence-electron chi connectivity index (χ4n) is 2.59. The molecule has 0 heterocycles. The second-order valence-electron chi connectivity index (χ2n) is 5.82. The molecular formula is C20H25NO3. The lowest BCUT2D eigenvalue weighted by Gasteiger charge is -2.19. The highest BCUT2D eigenvalue weighted by Crippen LogP contribution is 2.17. The molecule has 0 saturated carbocycles. The maximum absolute atomic E-state index is 12.4. The van der Waals surface area contributed by atoms with Crippen LogP contribution in [-0.4, -0.2) is 26.2 Å². The third-order valence-electron chi connectivity index (χ3n) is 3.99. The number of methoxy groups -OCH3 is 2. The molecule has 0 aliphatic carbocycles. The molecule has 0 saturated heterocycles. The van der Waals surface area contributed by atoms with Crippen LogP contribution in [-0.2, 0) is 16.0 Å². The zero-order valence-electron chi connectivity index (χ0n) is 14.5. The van der Waals surface area contributed by atoms with Crippen molar-refractivity contribution in [2.24, 2.45) is 0 Å². The number of carbonyl (C=O) groups is 1. The fraction of sp³-hybridized carbons (Fsp3) is 0.350. The summed E-state index contributed by atoms with van der Waals surface area (Å²) in [6.45, 7) is 2.01. The SMILES string of the molecule is COc1ccc(CCC(C)NC(=O)C(OC)c2ccccc2)cc1. The first-order valence-corrected chi connectivity index (χ1v) is 8.15. The van der Waals surface area contributed by atoms with Crippen LogP contribution in [0.3, 0.4) is 0 Å². The summed E-state index contributed by atoms with van der Waals surface area (Å²) in [6.07, 6.45) is 1.19. The molecule has 0 fully saturated rings. The van der Waals surface area contributed by atoms with Gasteiger partial charge in [-0.15, -0.1) is 0 Å². The Kier molecular flexibility index (Phi) is 6.82. The summed E-state index contributed by atoms with van der Waals surface area (Å²) in [5, 5.41) is 3.03. The van der Waals surface area contributed by atoms with Crippen molar-refractivity contribution in [1.82, 2.24) is 5.32 Å². The molecule has 1 N–H and O–H groups in total. The van der Waals surface area contributed by atoms with E-state index < -0.39 is 6.10 Å². The summed E-state index contributed by atoms with van der Waals surface area (Å²) >= 11 is 0. The van der Waals surface area contributed by atoms with Crippen LogP contribution in [0, 0.1) is 0 Å². The van der Waals surface area contributed by atoms with E-state index in [-0.39, 0.29) is 11.9 Å². The van der Waals surface area contributed by atoms with E-state index in [1.807, 2.05) is 49.4 Å². The van der Waals surface area contributed by atoms with Gasteiger partial charge in [-0.25, -0.2) is 0 Å². The Labute approximate surface area is 143 Å². The minimum atomic E-state index is -0.574. The average Bonchev–Trinajstić information content (AvgIpc) is 2.62. The van der Waals surface area contributed by atoms with Crippen molar-refractivity contribution in [3.8, 4) is 5.75 Å². The lowest BCUT2D eigenvalue weighted by molar-refractivity contribution is -0.132. The molecule has 2 aromatic carbocycles. The number of nitrogens with one attached hydrogen (secondary N) is 1. The van der Waals surface area contributed by atoms with Crippen molar-refractivity contribution in [2.45, 2.75) is 31.9 Å². The van der Waals surface area contributed by atoms with Crippen LogP contribution in [0.15, 0.2) is 54.6 Å². The van der Waals surface area contributed by atoms with E-state index in [0.717, 1.165) is 24.2 Å². The van der Waals surface area contributed by atoms with E-state index in [1.54, 1.807) is 14.2 Å². The largest absolute Gasteiger partial charge is 0.497 e. The van der Waals surface area contributed by atoms with Crippen LogP contribution in [0.2, 0.25) is 0 Å². The molecular weight excluding hydrogens is 302 g/mol. The Morgan fingerprint density at radius 3 is 2.29 bits per heavy atom. The molecule has 4 nitrogen and oxygen atoms in total. The van der Waals surface area contributed by atoms with Gasteiger partial charge in [0.2, 0.25) is 0 Å². The van der Waals surface area contributed by atoms with Crippen molar-refractivity contribution in [3.05, 3.63) is 65.7 Å². The predicted octanol–water partition coefficient (Wildman–Crippen LogP) is 3.52. The summed E-state index contributed by atoms with van der Waals surface area (Å²) < 4.78 is 10.5. The van der Waals surface area contributed by atoms with Crippen molar-refractivity contribution in [2.75, 3.05) is 14.2 Å². The molecule has 1 amide bonds. The minimum absolute atomic E-state index is 0.0703. The van der Waals surface area contributed by atoms with Crippen LogP contribution in [0.4, 0.5) is 0 Å². The minimum Gasteiger partial charge on any atom is -0.497 e. The van der Waals surface area contributed by atoms with Crippen LogP contribution < -0.4 is 10.1 Å². The van der Waals surface area contributed by atoms with E-state index in [1.165, 1.54) is 5.56 Å². The zero-order chi connectivity index (χ0) is 17.4. The Morgan fingerprint density at radius 1 is 1.04 bits per heavy atom. The topological polar surface area (TPSA) is 47.6 Å². The van der Waals surface area contributed by atoms with E-state index in [2.05, 4.69) is 17.4 Å². The van der Waals surface area contributed by atoms with Gasteiger partial charge >= 0.3 is 0 Å². The molecule has 0 radical (unpaired) electrons. The Morgan fingerprint density at radius 2 is 1.71 bits per heavy atom. The van der Waals surface area contributed by atoms with Crippen LogP contribution in [0.5, 0.6) is 5.75 Å². The highest BCUT2D eigenvalue weighted by Gasteiger charge is 2.21. The first kappa shape index (κ1) is 18.0. The number of aryl methyl sites for hydroxylation is 1. The molecule has 0 bridgehead atoms. The number of ether oxygens (including phenoxy) is 2. The van der Waals surface area contributed by atoms with Gasteiger partial charge in [0.05, 0.1) is 7.11 Å². The molecule has 2 rings (SSSR count). The van der Waals surface area contributed by atoms with Crippen molar-refractivity contribution >= 4 is 5.91 Å². The molecule has 128 valence electrons. The monoisotopic (exact) mass is 327 g/mol. The summed E-state index contributed by atoms with van der Waals surface area (Å²) in [5.74, 6) is 0.747. The van der Waals surface area contributed by atoms with E-state index >= 15 is 0 Å². The predicted molar refractivity (Wildman–Crippen MR) is 95.1 cm³/mol. The maximum atomic E-state index is 12.4. The van der Waals surface area contributed by atoms with Gasteiger partial charge in [-0.3, -0.25) is 4.79 Å². The van der Waals surface area contributed by atoms with Gasteiger partial charge in [-0.05, 0) is 43.0 Å². The molecule has 0 aliphatic rings. The summed E-state index contributed by atoms with van der Waals surface area (Å²) in [5.41, 5.74) is 2.09. The number of hydrogen-bond donors (Lipinski definition) is 1. The van der Waals surface area contributed by atoms with Gasteiger partial charge in [0, 0.05) is 13.2 Å². The molecule has 2 aromatic rings. The molecule has 4 heteroatoms. The number of amides is 1. The lowest BCUT2D eigenvalue weighted by atomic mass is 10.0. The summed E-state index contributed by atoms with van der Waals surface area (Å²) in [6, 6.07) is 17.6. The standard InChI is InChI=1S/C20H25NO3/c1-15(9-10-16-11-13-18(23-2)14-12-16)21-20(22)19(24-3)17-7-5-4-6-8-17/h4-8,11-15,19H,9-10H2,1-3H3,(H,21,22). The van der Waals surface area contributed by atoms with Crippen LogP contribution in [0.25, 0.3) is 0 Å². The smallest absolute Gasteiger partial charge is 0.253 e. The Hall–Kier alpha value is -2.33. The van der Waals surface area contributed by atoms with E-state index in [4.69, 9.17) is 9.47 Å². The van der Waals surface area contributed by atoms with Crippen LogP contribution in [0.1, 0.15) is 30.6 Å². The van der Waals surface area contributed by atoms with Gasteiger partial charge in [0.25, 0.3) is 5.91 Å². The Balaban J connectivity index is 1.86. The van der Waals surface area contributed by atoms with Gasteiger partial charge < -0.3 is 14.8 Å². The first-order chi connectivity index (χ1) is 11.6. The third-order valence-corrected chi connectivity index (χ3v) is 3.99. The molecule has 2 unspecified atom stereocenters. The van der Waals surface area contributed by atoms with Crippen molar-refractivity contribution in [1.29, 1.82) is 0 Å². The quantitative estimate of drug-likeness (QED) is 0.807. The van der Waals surface area contributed by atoms with Gasteiger partial charge in [0.1, 0.15) is 5.75 Å².